The molecule has 84 valence electrons. The van der Waals surface area contributed by atoms with E-state index in [1.807, 2.05) is 10.9 Å². The Bertz CT molecular complexity index is 427. The molecule has 5 nitrogen and oxygen atoms in total. The lowest BCUT2D eigenvalue weighted by Gasteiger charge is -2.00. The van der Waals surface area contributed by atoms with Gasteiger partial charge in [-0.05, 0) is 12.5 Å². The number of hydrogen-bond acceptors (Lipinski definition) is 4. The van der Waals surface area contributed by atoms with Crippen molar-refractivity contribution in [2.24, 2.45) is 0 Å². The summed E-state index contributed by atoms with van der Waals surface area (Å²) in [6, 6.07) is 1.78. The van der Waals surface area contributed by atoms with E-state index in [2.05, 4.69) is 22.0 Å². The van der Waals surface area contributed by atoms with E-state index in [9.17, 15) is 0 Å². The summed E-state index contributed by atoms with van der Waals surface area (Å²) in [6.45, 7) is 3.39. The summed E-state index contributed by atoms with van der Waals surface area (Å²) in [4.78, 5) is 8.15. The van der Waals surface area contributed by atoms with Gasteiger partial charge in [0.25, 0.3) is 0 Å². The summed E-state index contributed by atoms with van der Waals surface area (Å²) in [6.07, 6.45) is 8.05. The number of ether oxygens (including phenoxy) is 1. The van der Waals surface area contributed by atoms with Crippen LogP contribution in [0.3, 0.4) is 0 Å². The second-order valence-corrected chi connectivity index (χ2v) is 3.39. The van der Waals surface area contributed by atoms with Crippen LogP contribution < -0.4 is 4.74 Å². The van der Waals surface area contributed by atoms with Crippen LogP contribution >= 0.6 is 0 Å². The number of hydrogen-bond donors (Lipinski definition) is 0. The minimum Gasteiger partial charge on any atom is -0.482 e. The zero-order valence-corrected chi connectivity index (χ0v) is 9.21. The normalized spacial score (nSPS) is 10.3. The van der Waals surface area contributed by atoms with Crippen LogP contribution in [-0.2, 0) is 13.2 Å². The zero-order valence-electron chi connectivity index (χ0n) is 9.21. The molecule has 0 aromatic carbocycles. The highest BCUT2D eigenvalue weighted by molar-refractivity contribution is 5.11. The van der Waals surface area contributed by atoms with Crippen molar-refractivity contribution in [1.29, 1.82) is 0 Å². The summed E-state index contributed by atoms with van der Waals surface area (Å²) >= 11 is 0. The first-order valence-electron chi connectivity index (χ1n) is 5.29. The molecule has 0 saturated carbocycles. The third-order valence-corrected chi connectivity index (χ3v) is 2.05. The monoisotopic (exact) mass is 218 g/mol. The van der Waals surface area contributed by atoms with Crippen LogP contribution in [0.2, 0.25) is 0 Å². The Morgan fingerprint density at radius 1 is 1.31 bits per heavy atom. The van der Waals surface area contributed by atoms with Gasteiger partial charge >= 0.3 is 0 Å². The van der Waals surface area contributed by atoms with E-state index in [4.69, 9.17) is 4.74 Å². The maximum Gasteiger partial charge on any atom is 0.166 e. The van der Waals surface area contributed by atoms with Crippen LogP contribution in [0.25, 0.3) is 0 Å². The molecule has 2 heterocycles. The molecule has 0 amide bonds. The minimum atomic E-state index is 0.374. The van der Waals surface area contributed by atoms with Gasteiger partial charge in [0.2, 0.25) is 0 Å². The average Bonchev–Trinajstić information content (AvgIpc) is 2.76. The van der Waals surface area contributed by atoms with Gasteiger partial charge in [0.15, 0.2) is 11.6 Å². The third kappa shape index (κ3) is 2.79. The molecular weight excluding hydrogens is 204 g/mol. The second kappa shape index (κ2) is 5.25. The smallest absolute Gasteiger partial charge is 0.166 e. The molecule has 0 fully saturated rings. The van der Waals surface area contributed by atoms with E-state index in [0.717, 1.165) is 18.7 Å². The maximum absolute atomic E-state index is 5.51. The van der Waals surface area contributed by atoms with Gasteiger partial charge in [0.1, 0.15) is 6.61 Å². The summed E-state index contributed by atoms with van der Waals surface area (Å²) < 4.78 is 7.37. The molecule has 0 spiro atoms. The zero-order chi connectivity index (χ0) is 11.2. The van der Waals surface area contributed by atoms with Gasteiger partial charge in [-0.1, -0.05) is 6.92 Å². The SMILES string of the molecule is CCCn1cc(OCc2ncccn2)cn1. The molecule has 16 heavy (non-hydrogen) atoms. The fourth-order valence-corrected chi connectivity index (χ4v) is 1.32. The van der Waals surface area contributed by atoms with Crippen molar-refractivity contribution >= 4 is 0 Å². The summed E-state index contributed by atoms with van der Waals surface area (Å²) in [5.41, 5.74) is 0. The molecule has 2 aromatic heterocycles. The summed E-state index contributed by atoms with van der Waals surface area (Å²) in [5.74, 6) is 1.42. The number of nitrogens with zero attached hydrogens (tertiary/aromatic N) is 4. The molecule has 5 heteroatoms. The molecule has 0 unspecified atom stereocenters. The van der Waals surface area contributed by atoms with Crippen LogP contribution in [0.5, 0.6) is 5.75 Å². The van der Waals surface area contributed by atoms with Crippen LogP contribution in [0.15, 0.2) is 30.9 Å². The molecule has 0 saturated heterocycles. The molecule has 0 atom stereocenters. The van der Waals surface area contributed by atoms with Crippen LogP contribution in [0.1, 0.15) is 19.2 Å². The van der Waals surface area contributed by atoms with Gasteiger partial charge in [-0.15, -0.1) is 0 Å². The third-order valence-electron chi connectivity index (χ3n) is 2.05. The first kappa shape index (κ1) is 10.6. The van der Waals surface area contributed by atoms with Gasteiger partial charge in [-0.3, -0.25) is 4.68 Å². The number of aryl methyl sites for hydroxylation is 1. The lowest BCUT2D eigenvalue weighted by Crippen LogP contribution is -2.00. The first-order chi connectivity index (χ1) is 7.88. The van der Waals surface area contributed by atoms with Gasteiger partial charge in [-0.25, -0.2) is 9.97 Å². The number of rotatable bonds is 5. The van der Waals surface area contributed by atoms with Crippen LogP contribution in [0, 0.1) is 0 Å². The van der Waals surface area contributed by atoms with Crippen molar-refractivity contribution in [2.45, 2.75) is 26.5 Å². The van der Waals surface area contributed by atoms with Crippen LogP contribution in [-0.4, -0.2) is 19.7 Å². The standard InChI is InChI=1S/C11H14N4O/c1-2-6-15-8-10(7-14-15)16-9-11-12-4-3-5-13-11/h3-5,7-8H,2,6,9H2,1H3. The topological polar surface area (TPSA) is 52.8 Å². The Morgan fingerprint density at radius 3 is 2.88 bits per heavy atom. The number of aromatic nitrogens is 4. The van der Waals surface area contributed by atoms with E-state index in [1.165, 1.54) is 0 Å². The van der Waals surface area contributed by atoms with Gasteiger partial charge < -0.3 is 4.74 Å². The Labute approximate surface area is 94.1 Å². The van der Waals surface area contributed by atoms with E-state index in [1.54, 1.807) is 24.7 Å². The highest BCUT2D eigenvalue weighted by Crippen LogP contribution is 2.09. The molecule has 0 bridgehead atoms. The van der Waals surface area contributed by atoms with Crippen molar-refractivity contribution in [3.05, 3.63) is 36.7 Å². The fraction of sp³-hybridized carbons (Fsp3) is 0.364. The molecule has 2 rings (SSSR count). The second-order valence-electron chi connectivity index (χ2n) is 3.39. The maximum atomic E-state index is 5.51. The van der Waals surface area contributed by atoms with E-state index < -0.39 is 0 Å². The average molecular weight is 218 g/mol. The van der Waals surface area contributed by atoms with Crippen molar-refractivity contribution in [3.63, 3.8) is 0 Å². The molecule has 0 N–H and O–H groups in total. The van der Waals surface area contributed by atoms with Crippen LogP contribution in [0.4, 0.5) is 0 Å². The Morgan fingerprint density at radius 2 is 2.12 bits per heavy atom. The predicted octanol–water partition coefficient (Wildman–Crippen LogP) is 1.66. The van der Waals surface area contributed by atoms with E-state index in [-0.39, 0.29) is 0 Å². The van der Waals surface area contributed by atoms with Gasteiger partial charge in [0.05, 0.1) is 12.4 Å². The molecular formula is C11H14N4O. The molecule has 2 aromatic rings. The Hall–Kier alpha value is -1.91. The van der Waals surface area contributed by atoms with Gasteiger partial charge in [-0.2, -0.15) is 5.10 Å². The largest absolute Gasteiger partial charge is 0.482 e. The Kier molecular flexibility index (Phi) is 3.48. The van der Waals surface area contributed by atoms with Crippen molar-refractivity contribution in [3.8, 4) is 5.75 Å². The lowest BCUT2D eigenvalue weighted by atomic mass is 10.5. The minimum absolute atomic E-state index is 0.374. The molecule has 0 aliphatic heterocycles. The highest BCUT2D eigenvalue weighted by Gasteiger charge is 2.00. The Balaban J connectivity index is 1.89. The molecule has 0 aliphatic rings. The first-order valence-corrected chi connectivity index (χ1v) is 5.29. The quantitative estimate of drug-likeness (QED) is 0.766. The summed E-state index contributed by atoms with van der Waals surface area (Å²) in [7, 11) is 0. The lowest BCUT2D eigenvalue weighted by molar-refractivity contribution is 0.295. The van der Waals surface area contributed by atoms with Crippen molar-refractivity contribution in [1.82, 2.24) is 19.7 Å². The fourth-order valence-electron chi connectivity index (χ4n) is 1.32. The van der Waals surface area contributed by atoms with Crippen molar-refractivity contribution < 1.29 is 4.74 Å². The molecule has 0 aliphatic carbocycles. The van der Waals surface area contributed by atoms with E-state index in [0.29, 0.717) is 12.4 Å². The van der Waals surface area contributed by atoms with Gasteiger partial charge in [0, 0.05) is 18.9 Å². The predicted molar refractivity (Wildman–Crippen MR) is 58.9 cm³/mol. The molecule has 0 radical (unpaired) electrons. The summed E-state index contributed by atoms with van der Waals surface area (Å²) in [5, 5.41) is 4.17. The highest BCUT2D eigenvalue weighted by atomic mass is 16.5. The van der Waals surface area contributed by atoms with E-state index >= 15 is 0 Å². The van der Waals surface area contributed by atoms with Crippen molar-refractivity contribution in [2.75, 3.05) is 0 Å².